The Labute approximate surface area is 168 Å². The Morgan fingerprint density at radius 2 is 1.69 bits per heavy atom. The Morgan fingerprint density at radius 1 is 0.931 bits per heavy atom. The standard InChI is InChI=1S/C23H19N3O3/c1-15-7-9-18-19(13-15)23(29)26(22(18)28)12-11-21(27)25-20-10-8-17(14-24-20)16-5-3-2-4-6-16/h2-10,13-14H,11-12H2,1H3,(H,24,25,27). The van der Waals surface area contributed by atoms with E-state index in [2.05, 4.69) is 10.3 Å². The highest BCUT2D eigenvalue weighted by molar-refractivity contribution is 6.21. The quantitative estimate of drug-likeness (QED) is 0.680. The highest BCUT2D eigenvalue weighted by atomic mass is 16.2. The van der Waals surface area contributed by atoms with Crippen molar-refractivity contribution >= 4 is 23.5 Å². The van der Waals surface area contributed by atoms with Crippen LogP contribution in [0.4, 0.5) is 5.82 Å². The lowest BCUT2D eigenvalue weighted by molar-refractivity contribution is -0.116. The van der Waals surface area contributed by atoms with E-state index in [1.54, 1.807) is 30.5 Å². The summed E-state index contributed by atoms with van der Waals surface area (Å²) in [6.45, 7) is 1.89. The molecule has 2 aromatic carbocycles. The largest absolute Gasteiger partial charge is 0.311 e. The van der Waals surface area contributed by atoms with Crippen molar-refractivity contribution in [1.29, 1.82) is 0 Å². The molecule has 0 fully saturated rings. The Morgan fingerprint density at radius 3 is 2.41 bits per heavy atom. The first kappa shape index (κ1) is 18.6. The van der Waals surface area contributed by atoms with Gasteiger partial charge in [-0.15, -0.1) is 0 Å². The number of nitrogens with zero attached hydrogens (tertiary/aromatic N) is 2. The molecule has 4 rings (SSSR count). The van der Waals surface area contributed by atoms with Crippen LogP contribution >= 0.6 is 0 Å². The fourth-order valence-electron chi connectivity index (χ4n) is 3.30. The molecule has 0 atom stereocenters. The molecule has 2 heterocycles. The first-order valence-electron chi connectivity index (χ1n) is 9.31. The van der Waals surface area contributed by atoms with E-state index < -0.39 is 0 Å². The number of hydrogen-bond acceptors (Lipinski definition) is 4. The van der Waals surface area contributed by atoms with E-state index in [9.17, 15) is 14.4 Å². The third kappa shape index (κ3) is 3.78. The van der Waals surface area contributed by atoms with Crippen molar-refractivity contribution in [3.8, 4) is 11.1 Å². The first-order valence-corrected chi connectivity index (χ1v) is 9.31. The predicted molar refractivity (Wildman–Crippen MR) is 109 cm³/mol. The summed E-state index contributed by atoms with van der Waals surface area (Å²) in [4.78, 5) is 42.5. The zero-order valence-electron chi connectivity index (χ0n) is 15.9. The topological polar surface area (TPSA) is 79.4 Å². The number of amides is 3. The summed E-state index contributed by atoms with van der Waals surface area (Å²) in [5, 5.41) is 2.71. The molecular formula is C23H19N3O3. The lowest BCUT2D eigenvalue weighted by atomic mass is 10.1. The molecule has 0 radical (unpaired) electrons. The summed E-state index contributed by atoms with van der Waals surface area (Å²) in [6.07, 6.45) is 1.70. The minimum Gasteiger partial charge on any atom is -0.311 e. The second kappa shape index (κ2) is 7.67. The number of anilines is 1. The van der Waals surface area contributed by atoms with Gasteiger partial charge in [0.2, 0.25) is 5.91 Å². The number of imide groups is 1. The van der Waals surface area contributed by atoms with Crippen LogP contribution in [0.15, 0.2) is 66.9 Å². The van der Waals surface area contributed by atoms with Crippen LogP contribution in [-0.2, 0) is 4.79 Å². The number of nitrogens with one attached hydrogen (secondary N) is 1. The number of pyridine rings is 1. The third-order valence-corrected chi connectivity index (χ3v) is 4.83. The first-order chi connectivity index (χ1) is 14.0. The zero-order chi connectivity index (χ0) is 20.4. The molecule has 1 N–H and O–H groups in total. The van der Waals surface area contributed by atoms with Crippen molar-refractivity contribution in [1.82, 2.24) is 9.88 Å². The van der Waals surface area contributed by atoms with Gasteiger partial charge in [0, 0.05) is 24.7 Å². The van der Waals surface area contributed by atoms with Crippen molar-refractivity contribution in [2.45, 2.75) is 13.3 Å². The molecule has 3 amide bonds. The van der Waals surface area contributed by atoms with Crippen LogP contribution in [-0.4, -0.2) is 34.2 Å². The number of carbonyl (C=O) groups is 3. The molecule has 144 valence electrons. The van der Waals surface area contributed by atoms with Gasteiger partial charge >= 0.3 is 0 Å². The molecule has 0 saturated carbocycles. The molecule has 29 heavy (non-hydrogen) atoms. The lowest BCUT2D eigenvalue weighted by Gasteiger charge is -2.13. The maximum absolute atomic E-state index is 12.5. The fourth-order valence-corrected chi connectivity index (χ4v) is 3.30. The van der Waals surface area contributed by atoms with E-state index in [0.29, 0.717) is 16.9 Å². The van der Waals surface area contributed by atoms with Gasteiger partial charge in [-0.3, -0.25) is 19.3 Å². The van der Waals surface area contributed by atoms with Crippen LogP contribution in [0.5, 0.6) is 0 Å². The van der Waals surface area contributed by atoms with Crippen LogP contribution in [0.1, 0.15) is 32.7 Å². The number of rotatable bonds is 5. The van der Waals surface area contributed by atoms with Gasteiger partial charge in [-0.1, -0.05) is 42.0 Å². The summed E-state index contributed by atoms with van der Waals surface area (Å²) in [5.41, 5.74) is 3.69. The van der Waals surface area contributed by atoms with Crippen molar-refractivity contribution in [3.63, 3.8) is 0 Å². The maximum atomic E-state index is 12.5. The molecule has 1 aromatic heterocycles. The molecule has 6 heteroatoms. The third-order valence-electron chi connectivity index (χ3n) is 4.83. The smallest absolute Gasteiger partial charge is 0.261 e. The molecule has 1 aliphatic rings. The minimum atomic E-state index is -0.358. The monoisotopic (exact) mass is 385 g/mol. The van der Waals surface area contributed by atoms with Gasteiger partial charge in [-0.2, -0.15) is 0 Å². The van der Waals surface area contributed by atoms with Gasteiger partial charge in [-0.25, -0.2) is 4.98 Å². The fraction of sp³-hybridized carbons (Fsp3) is 0.130. The molecule has 0 saturated heterocycles. The van der Waals surface area contributed by atoms with Gasteiger partial charge in [0.15, 0.2) is 0 Å². The average Bonchev–Trinajstić information content (AvgIpc) is 2.97. The number of aryl methyl sites for hydroxylation is 1. The highest BCUT2D eigenvalue weighted by Crippen LogP contribution is 2.24. The Balaban J connectivity index is 1.36. The van der Waals surface area contributed by atoms with Gasteiger partial charge in [0.25, 0.3) is 11.8 Å². The second-order valence-electron chi connectivity index (χ2n) is 6.91. The highest BCUT2D eigenvalue weighted by Gasteiger charge is 2.35. The van der Waals surface area contributed by atoms with Gasteiger partial charge in [0.1, 0.15) is 5.82 Å². The van der Waals surface area contributed by atoms with E-state index >= 15 is 0 Å². The second-order valence-corrected chi connectivity index (χ2v) is 6.91. The average molecular weight is 385 g/mol. The molecule has 0 aliphatic carbocycles. The minimum absolute atomic E-state index is 0.00652. The zero-order valence-corrected chi connectivity index (χ0v) is 15.9. The summed E-state index contributed by atoms with van der Waals surface area (Å²) in [5.74, 6) is -0.597. The van der Waals surface area contributed by atoms with Crippen LogP contribution in [0, 0.1) is 6.92 Å². The van der Waals surface area contributed by atoms with E-state index in [0.717, 1.165) is 21.6 Å². The van der Waals surface area contributed by atoms with Gasteiger partial charge in [0.05, 0.1) is 11.1 Å². The number of aromatic nitrogens is 1. The molecule has 0 unspecified atom stereocenters. The molecule has 3 aromatic rings. The summed E-state index contributed by atoms with van der Waals surface area (Å²) in [6, 6.07) is 18.6. The van der Waals surface area contributed by atoms with Crippen molar-refractivity contribution < 1.29 is 14.4 Å². The maximum Gasteiger partial charge on any atom is 0.261 e. The number of benzene rings is 2. The van der Waals surface area contributed by atoms with Crippen LogP contribution < -0.4 is 5.32 Å². The van der Waals surface area contributed by atoms with E-state index in [1.807, 2.05) is 43.3 Å². The van der Waals surface area contributed by atoms with Crippen LogP contribution in [0.2, 0.25) is 0 Å². The normalized spacial score (nSPS) is 12.8. The van der Waals surface area contributed by atoms with E-state index in [4.69, 9.17) is 0 Å². The van der Waals surface area contributed by atoms with E-state index in [1.165, 1.54) is 0 Å². The summed E-state index contributed by atoms with van der Waals surface area (Å²) in [7, 11) is 0. The van der Waals surface area contributed by atoms with Crippen LogP contribution in [0.3, 0.4) is 0 Å². The molecule has 0 spiro atoms. The van der Waals surface area contributed by atoms with E-state index in [-0.39, 0.29) is 30.7 Å². The van der Waals surface area contributed by atoms with Gasteiger partial charge < -0.3 is 5.32 Å². The van der Waals surface area contributed by atoms with Crippen LogP contribution in [0.25, 0.3) is 11.1 Å². The summed E-state index contributed by atoms with van der Waals surface area (Å²) >= 11 is 0. The van der Waals surface area contributed by atoms with Gasteiger partial charge in [-0.05, 0) is 36.8 Å². The Kier molecular flexibility index (Phi) is 4.91. The SMILES string of the molecule is Cc1ccc2c(c1)C(=O)N(CCC(=O)Nc1ccc(-c3ccccc3)cn1)C2=O. The Bertz CT molecular complexity index is 1090. The number of fused-ring (bicyclic) bond motifs is 1. The predicted octanol–water partition coefficient (Wildman–Crippen LogP) is 3.68. The number of hydrogen-bond donors (Lipinski definition) is 1. The van der Waals surface area contributed by atoms with Crippen molar-refractivity contribution in [2.75, 3.05) is 11.9 Å². The lowest BCUT2D eigenvalue weighted by Crippen LogP contribution is -2.32. The molecular weight excluding hydrogens is 366 g/mol. The van der Waals surface area contributed by atoms with Crippen molar-refractivity contribution in [2.24, 2.45) is 0 Å². The molecule has 1 aliphatic heterocycles. The number of carbonyl (C=O) groups excluding carboxylic acids is 3. The Hall–Kier alpha value is -3.80. The molecule has 6 nitrogen and oxygen atoms in total. The molecule has 0 bridgehead atoms. The summed E-state index contributed by atoms with van der Waals surface area (Å²) < 4.78 is 0. The van der Waals surface area contributed by atoms with Crippen molar-refractivity contribution in [3.05, 3.63) is 83.6 Å².